The summed E-state index contributed by atoms with van der Waals surface area (Å²) in [5.74, 6) is 4.61. The fraction of sp³-hybridized carbons (Fsp3) is 0.0667. The number of pyridine rings is 1. The summed E-state index contributed by atoms with van der Waals surface area (Å²) in [7, 11) is 0. The third-order valence-corrected chi connectivity index (χ3v) is 2.80. The van der Waals surface area contributed by atoms with Gasteiger partial charge in [-0.05, 0) is 36.3 Å². The van der Waals surface area contributed by atoms with E-state index in [0.717, 1.165) is 6.07 Å². The lowest BCUT2D eigenvalue weighted by Crippen LogP contribution is -2.13. The number of aromatic nitrogens is 1. The van der Waals surface area contributed by atoms with Crippen LogP contribution in [0.15, 0.2) is 36.4 Å². The number of rotatable bonds is 2. The molecule has 0 atom stereocenters. The molecule has 1 aromatic carbocycles. The number of hydrogen-bond acceptors (Lipinski definition) is 3. The Kier molecular flexibility index (Phi) is 4.88. The molecular weight excluding hydrogens is 293 g/mol. The van der Waals surface area contributed by atoms with Crippen molar-refractivity contribution in [2.24, 2.45) is 5.73 Å². The van der Waals surface area contributed by atoms with Crippen LogP contribution < -0.4 is 11.1 Å². The molecule has 0 aliphatic heterocycles. The lowest BCUT2D eigenvalue weighted by atomic mass is 10.2. The molecule has 6 heteroatoms. The number of nitrogens with zero attached hydrogens (tertiary/aromatic N) is 1. The van der Waals surface area contributed by atoms with Crippen LogP contribution in [0.4, 0.5) is 10.2 Å². The summed E-state index contributed by atoms with van der Waals surface area (Å²) in [5.41, 5.74) is 5.92. The average Bonchev–Trinajstić information content (AvgIpc) is 2.48. The average molecular weight is 304 g/mol. The van der Waals surface area contributed by atoms with Gasteiger partial charge in [-0.1, -0.05) is 23.6 Å². The number of anilines is 1. The van der Waals surface area contributed by atoms with Crippen molar-refractivity contribution in [3.05, 3.63) is 58.5 Å². The van der Waals surface area contributed by atoms with E-state index in [-0.39, 0.29) is 17.1 Å². The van der Waals surface area contributed by atoms with Crippen molar-refractivity contribution in [2.75, 3.05) is 11.9 Å². The minimum atomic E-state index is -0.653. The maximum Gasteiger partial charge on any atom is 0.256 e. The third-order valence-electron chi connectivity index (χ3n) is 2.49. The summed E-state index contributed by atoms with van der Waals surface area (Å²) in [6.45, 7) is 0.225. The lowest BCUT2D eigenvalue weighted by Gasteiger charge is -2.05. The minimum Gasteiger partial charge on any atom is -0.320 e. The Bertz CT molecular complexity index is 737. The highest BCUT2D eigenvalue weighted by Gasteiger charge is 2.09. The van der Waals surface area contributed by atoms with E-state index < -0.39 is 11.7 Å². The van der Waals surface area contributed by atoms with E-state index in [1.165, 1.54) is 12.1 Å². The molecule has 1 aromatic heterocycles. The molecule has 0 saturated carbocycles. The first kappa shape index (κ1) is 15.0. The highest BCUT2D eigenvalue weighted by Crippen LogP contribution is 2.16. The van der Waals surface area contributed by atoms with Gasteiger partial charge in [-0.2, -0.15) is 0 Å². The van der Waals surface area contributed by atoms with Gasteiger partial charge in [0.05, 0.1) is 11.6 Å². The predicted octanol–water partition coefficient (Wildman–Crippen LogP) is 2.44. The monoisotopic (exact) mass is 303 g/mol. The van der Waals surface area contributed by atoms with Gasteiger partial charge >= 0.3 is 0 Å². The number of nitrogens with one attached hydrogen (secondary N) is 1. The largest absolute Gasteiger partial charge is 0.320 e. The highest BCUT2D eigenvalue weighted by atomic mass is 35.5. The zero-order chi connectivity index (χ0) is 15.2. The molecule has 2 rings (SSSR count). The Morgan fingerprint density at radius 1 is 1.38 bits per heavy atom. The van der Waals surface area contributed by atoms with Crippen molar-refractivity contribution in [3.8, 4) is 11.8 Å². The van der Waals surface area contributed by atoms with E-state index >= 15 is 0 Å². The van der Waals surface area contributed by atoms with Crippen molar-refractivity contribution in [3.63, 3.8) is 0 Å². The lowest BCUT2D eigenvalue weighted by molar-refractivity contribution is 0.102. The fourth-order valence-corrected chi connectivity index (χ4v) is 1.66. The van der Waals surface area contributed by atoms with E-state index in [4.69, 9.17) is 17.3 Å². The maximum atomic E-state index is 13.3. The first-order valence-electron chi connectivity index (χ1n) is 6.02. The van der Waals surface area contributed by atoms with Crippen molar-refractivity contribution in [2.45, 2.75) is 0 Å². The summed E-state index contributed by atoms with van der Waals surface area (Å²) in [5, 5.41) is 2.52. The van der Waals surface area contributed by atoms with Gasteiger partial charge in [0.1, 0.15) is 17.3 Å². The quantitative estimate of drug-likeness (QED) is 0.837. The molecular formula is C15H11ClFN3O. The smallest absolute Gasteiger partial charge is 0.256 e. The molecule has 4 nitrogen and oxygen atoms in total. The normalized spacial score (nSPS) is 9.67. The second-order valence-corrected chi connectivity index (χ2v) is 4.40. The molecule has 2 aromatic rings. The topological polar surface area (TPSA) is 68.0 Å². The zero-order valence-corrected chi connectivity index (χ0v) is 11.6. The van der Waals surface area contributed by atoms with Crippen LogP contribution in [-0.2, 0) is 0 Å². The van der Waals surface area contributed by atoms with E-state index in [2.05, 4.69) is 22.1 Å². The number of halogens is 2. The first-order valence-corrected chi connectivity index (χ1v) is 6.40. The standard InChI is InChI=1S/C15H11ClFN3O/c16-12-7-6-10(9-13(12)17)15(21)20-14-5-1-3-11(19-14)4-2-8-18/h1,3,5-7,9H,8,18H2,(H,19,20,21). The van der Waals surface area contributed by atoms with Crippen molar-refractivity contribution < 1.29 is 9.18 Å². The molecule has 21 heavy (non-hydrogen) atoms. The molecule has 0 aliphatic rings. The van der Waals surface area contributed by atoms with Crippen LogP contribution in [0, 0.1) is 17.7 Å². The van der Waals surface area contributed by atoms with Gasteiger partial charge in [0.25, 0.3) is 5.91 Å². The Morgan fingerprint density at radius 3 is 2.90 bits per heavy atom. The molecule has 0 unspecified atom stereocenters. The number of carbonyl (C=O) groups excluding carboxylic acids is 1. The van der Waals surface area contributed by atoms with Gasteiger partial charge in [-0.15, -0.1) is 0 Å². The maximum absolute atomic E-state index is 13.3. The second kappa shape index (κ2) is 6.84. The van der Waals surface area contributed by atoms with E-state index in [1.807, 2.05) is 0 Å². The molecule has 1 amide bonds. The Labute approximate surface area is 126 Å². The molecule has 106 valence electrons. The summed E-state index contributed by atoms with van der Waals surface area (Å²) < 4.78 is 13.3. The number of hydrogen-bond donors (Lipinski definition) is 2. The van der Waals surface area contributed by atoms with Crippen LogP contribution in [-0.4, -0.2) is 17.4 Å². The van der Waals surface area contributed by atoms with Crippen LogP contribution in [0.2, 0.25) is 5.02 Å². The summed E-state index contributed by atoms with van der Waals surface area (Å²) in [6, 6.07) is 8.82. The molecule has 0 spiro atoms. The number of amides is 1. The van der Waals surface area contributed by atoms with Crippen LogP contribution in [0.3, 0.4) is 0 Å². The molecule has 0 bridgehead atoms. The molecule has 0 aliphatic carbocycles. The van der Waals surface area contributed by atoms with Crippen LogP contribution in [0.5, 0.6) is 0 Å². The summed E-state index contributed by atoms with van der Waals surface area (Å²) >= 11 is 5.57. The minimum absolute atomic E-state index is 0.0382. The van der Waals surface area contributed by atoms with Gasteiger partial charge in [-0.3, -0.25) is 4.79 Å². The van der Waals surface area contributed by atoms with Crippen molar-refractivity contribution >= 4 is 23.3 Å². The zero-order valence-electron chi connectivity index (χ0n) is 10.9. The van der Waals surface area contributed by atoms with E-state index in [9.17, 15) is 9.18 Å². The summed E-state index contributed by atoms with van der Waals surface area (Å²) in [4.78, 5) is 16.1. The molecule has 0 radical (unpaired) electrons. The van der Waals surface area contributed by atoms with Gasteiger partial charge in [0.2, 0.25) is 0 Å². The number of benzene rings is 1. The van der Waals surface area contributed by atoms with Gasteiger partial charge in [0, 0.05) is 5.56 Å². The molecule has 3 N–H and O–H groups in total. The van der Waals surface area contributed by atoms with E-state index in [0.29, 0.717) is 11.5 Å². The van der Waals surface area contributed by atoms with E-state index in [1.54, 1.807) is 18.2 Å². The van der Waals surface area contributed by atoms with Crippen LogP contribution in [0.1, 0.15) is 16.1 Å². The SMILES string of the molecule is NCC#Cc1cccc(NC(=O)c2ccc(Cl)c(F)c2)n1. The highest BCUT2D eigenvalue weighted by molar-refractivity contribution is 6.30. The number of nitrogens with two attached hydrogens (primary N) is 1. The van der Waals surface area contributed by atoms with Crippen LogP contribution >= 0.6 is 11.6 Å². The second-order valence-electron chi connectivity index (χ2n) is 4.00. The third kappa shape index (κ3) is 4.02. The predicted molar refractivity (Wildman–Crippen MR) is 79.5 cm³/mol. The van der Waals surface area contributed by atoms with Crippen molar-refractivity contribution in [1.82, 2.24) is 4.98 Å². The Balaban J connectivity index is 2.17. The van der Waals surface area contributed by atoms with Gasteiger partial charge in [-0.25, -0.2) is 9.37 Å². The van der Waals surface area contributed by atoms with Crippen LogP contribution in [0.25, 0.3) is 0 Å². The molecule has 1 heterocycles. The Morgan fingerprint density at radius 2 is 2.19 bits per heavy atom. The van der Waals surface area contributed by atoms with Gasteiger partial charge < -0.3 is 11.1 Å². The molecule has 0 saturated heterocycles. The molecule has 0 fully saturated rings. The fourth-order valence-electron chi connectivity index (χ4n) is 1.54. The Hall–Kier alpha value is -2.42. The first-order chi connectivity index (χ1) is 10.1. The number of carbonyl (C=O) groups is 1. The van der Waals surface area contributed by atoms with Gasteiger partial charge in [0.15, 0.2) is 0 Å². The summed E-state index contributed by atoms with van der Waals surface area (Å²) in [6.07, 6.45) is 0. The van der Waals surface area contributed by atoms with Crippen molar-refractivity contribution in [1.29, 1.82) is 0 Å².